The summed E-state index contributed by atoms with van der Waals surface area (Å²) in [6.07, 6.45) is 0.489. The largest absolute Gasteiger partial charge is 0.378 e. The van der Waals surface area contributed by atoms with E-state index in [1.165, 1.54) is 4.90 Å². The Labute approximate surface area is 175 Å². The lowest BCUT2D eigenvalue weighted by Gasteiger charge is -2.27. The van der Waals surface area contributed by atoms with Gasteiger partial charge in [-0.05, 0) is 24.6 Å². The second-order valence-electron chi connectivity index (χ2n) is 7.98. The average molecular weight is 436 g/mol. The van der Waals surface area contributed by atoms with Gasteiger partial charge in [-0.25, -0.2) is 8.42 Å². The topological polar surface area (TPSA) is 113 Å². The number of rotatable bonds is 4. The number of carbonyl (C=O) groups excluding carboxylic acids is 3. The molecule has 1 aromatic rings. The van der Waals surface area contributed by atoms with Gasteiger partial charge in [-0.2, -0.15) is 0 Å². The first-order chi connectivity index (χ1) is 14.3. The van der Waals surface area contributed by atoms with E-state index in [9.17, 15) is 22.8 Å². The van der Waals surface area contributed by atoms with Gasteiger partial charge >= 0.3 is 0 Å². The van der Waals surface area contributed by atoms with Crippen LogP contribution in [0.3, 0.4) is 0 Å². The number of ether oxygens (including phenoxy) is 1. The maximum atomic E-state index is 12.7. The molecule has 3 aliphatic rings. The Morgan fingerprint density at radius 3 is 2.63 bits per heavy atom. The summed E-state index contributed by atoms with van der Waals surface area (Å²) in [6, 6.07) is 6.41. The Balaban J connectivity index is 1.38. The molecule has 3 heterocycles. The van der Waals surface area contributed by atoms with E-state index in [1.54, 1.807) is 29.2 Å². The van der Waals surface area contributed by atoms with Crippen molar-refractivity contribution in [2.24, 2.45) is 5.92 Å². The van der Waals surface area contributed by atoms with Gasteiger partial charge in [-0.3, -0.25) is 14.4 Å². The molecule has 30 heavy (non-hydrogen) atoms. The van der Waals surface area contributed by atoms with Crippen LogP contribution in [0.15, 0.2) is 24.3 Å². The molecule has 9 nitrogen and oxygen atoms in total. The van der Waals surface area contributed by atoms with Crippen molar-refractivity contribution in [2.75, 3.05) is 49.7 Å². The highest BCUT2D eigenvalue weighted by Gasteiger charge is 2.41. The molecule has 0 bridgehead atoms. The van der Waals surface area contributed by atoms with Crippen molar-refractivity contribution < 1.29 is 27.5 Å². The fourth-order valence-corrected chi connectivity index (χ4v) is 5.94. The molecule has 3 aliphatic heterocycles. The van der Waals surface area contributed by atoms with Crippen molar-refractivity contribution in [2.45, 2.75) is 18.9 Å². The number of sulfone groups is 1. The van der Waals surface area contributed by atoms with Crippen molar-refractivity contribution in [1.82, 2.24) is 9.80 Å². The zero-order chi connectivity index (χ0) is 21.3. The van der Waals surface area contributed by atoms with Gasteiger partial charge in [0.15, 0.2) is 9.84 Å². The monoisotopic (exact) mass is 435 g/mol. The predicted molar refractivity (Wildman–Crippen MR) is 109 cm³/mol. The molecule has 162 valence electrons. The third kappa shape index (κ3) is 4.49. The number of anilines is 1. The summed E-state index contributed by atoms with van der Waals surface area (Å²) in [5.74, 6) is -1.09. The number of nitrogens with one attached hydrogen (secondary N) is 1. The molecule has 0 spiro atoms. The zero-order valence-corrected chi connectivity index (χ0v) is 17.4. The number of morpholine rings is 1. The first-order valence-electron chi connectivity index (χ1n) is 10.1. The Kier molecular flexibility index (Phi) is 5.79. The number of hydrogen-bond acceptors (Lipinski definition) is 6. The normalized spacial score (nSPS) is 26.1. The molecule has 4 rings (SSSR count). The molecule has 3 fully saturated rings. The van der Waals surface area contributed by atoms with Crippen LogP contribution in [0.1, 0.15) is 23.2 Å². The quantitative estimate of drug-likeness (QED) is 0.720. The molecule has 1 N–H and O–H groups in total. The summed E-state index contributed by atoms with van der Waals surface area (Å²) < 4.78 is 28.7. The highest BCUT2D eigenvalue weighted by atomic mass is 32.2. The van der Waals surface area contributed by atoms with Crippen LogP contribution in [0.5, 0.6) is 0 Å². The summed E-state index contributed by atoms with van der Waals surface area (Å²) in [6.45, 7) is 2.31. The highest BCUT2D eigenvalue weighted by molar-refractivity contribution is 7.91. The SMILES string of the molecule is O=C(Nc1cccc(C(=O)N2CCOCC2)c1)[C@@H]1CC(=O)N([C@H]2CCS(=O)(=O)C2)C1. The van der Waals surface area contributed by atoms with E-state index < -0.39 is 15.8 Å². The highest BCUT2D eigenvalue weighted by Crippen LogP contribution is 2.27. The van der Waals surface area contributed by atoms with Gasteiger partial charge in [0.2, 0.25) is 11.8 Å². The van der Waals surface area contributed by atoms with E-state index in [0.717, 1.165) is 0 Å². The summed E-state index contributed by atoms with van der Waals surface area (Å²) in [7, 11) is -3.10. The van der Waals surface area contributed by atoms with E-state index in [2.05, 4.69) is 5.32 Å². The van der Waals surface area contributed by atoms with Crippen LogP contribution in [-0.2, 0) is 24.2 Å². The first-order valence-corrected chi connectivity index (χ1v) is 11.9. The lowest BCUT2D eigenvalue weighted by Crippen LogP contribution is -2.40. The molecule has 3 amide bonds. The van der Waals surface area contributed by atoms with Gasteiger partial charge in [0.1, 0.15) is 0 Å². The maximum Gasteiger partial charge on any atom is 0.254 e. The number of likely N-dealkylation sites (tertiary alicyclic amines) is 1. The number of benzene rings is 1. The Hall–Kier alpha value is -2.46. The number of carbonyl (C=O) groups is 3. The van der Waals surface area contributed by atoms with Crippen molar-refractivity contribution in [3.8, 4) is 0 Å². The Morgan fingerprint density at radius 2 is 1.93 bits per heavy atom. The van der Waals surface area contributed by atoms with Crippen LogP contribution in [0, 0.1) is 5.92 Å². The fourth-order valence-electron chi connectivity index (χ4n) is 4.20. The van der Waals surface area contributed by atoms with Crippen LogP contribution in [0.4, 0.5) is 5.69 Å². The molecule has 2 atom stereocenters. The van der Waals surface area contributed by atoms with Crippen molar-refractivity contribution in [1.29, 1.82) is 0 Å². The van der Waals surface area contributed by atoms with Crippen molar-refractivity contribution >= 4 is 33.2 Å². The van der Waals surface area contributed by atoms with Crippen LogP contribution in [0.2, 0.25) is 0 Å². The average Bonchev–Trinajstić information content (AvgIpc) is 3.30. The smallest absolute Gasteiger partial charge is 0.254 e. The van der Waals surface area contributed by atoms with Crippen LogP contribution in [-0.4, -0.2) is 86.3 Å². The van der Waals surface area contributed by atoms with E-state index in [-0.39, 0.29) is 48.2 Å². The van der Waals surface area contributed by atoms with Gasteiger partial charge in [-0.15, -0.1) is 0 Å². The van der Waals surface area contributed by atoms with E-state index >= 15 is 0 Å². The minimum Gasteiger partial charge on any atom is -0.378 e. The molecule has 0 radical (unpaired) electrons. The van der Waals surface area contributed by atoms with Gasteiger partial charge in [-0.1, -0.05) is 6.07 Å². The molecule has 0 saturated carbocycles. The maximum absolute atomic E-state index is 12.7. The third-order valence-corrected chi connectivity index (χ3v) is 7.60. The van der Waals surface area contributed by atoms with Crippen molar-refractivity contribution in [3.05, 3.63) is 29.8 Å². The van der Waals surface area contributed by atoms with Gasteiger partial charge in [0, 0.05) is 43.3 Å². The van der Waals surface area contributed by atoms with E-state index in [4.69, 9.17) is 4.74 Å². The fraction of sp³-hybridized carbons (Fsp3) is 0.550. The summed E-state index contributed by atoms with van der Waals surface area (Å²) in [5.41, 5.74) is 0.975. The Bertz CT molecular complexity index is 957. The zero-order valence-electron chi connectivity index (χ0n) is 16.6. The van der Waals surface area contributed by atoms with E-state index in [1.807, 2.05) is 0 Å². The van der Waals surface area contributed by atoms with E-state index in [0.29, 0.717) is 44.0 Å². The molecule has 10 heteroatoms. The summed E-state index contributed by atoms with van der Waals surface area (Å²) >= 11 is 0. The van der Waals surface area contributed by atoms with Gasteiger partial charge in [0.05, 0.1) is 30.6 Å². The van der Waals surface area contributed by atoms with Crippen LogP contribution < -0.4 is 5.32 Å². The van der Waals surface area contributed by atoms with Gasteiger partial charge in [0.25, 0.3) is 5.91 Å². The minimum atomic E-state index is -3.10. The Morgan fingerprint density at radius 1 is 1.17 bits per heavy atom. The molecule has 1 aromatic carbocycles. The first kappa shape index (κ1) is 20.8. The van der Waals surface area contributed by atoms with Gasteiger partial charge < -0.3 is 19.9 Å². The molecule has 0 unspecified atom stereocenters. The molecule has 0 aliphatic carbocycles. The standard InChI is InChI=1S/C20H25N3O6S/c24-18-11-15(12-23(18)17-4-9-30(27,28)13-17)19(25)21-16-3-1-2-14(10-16)20(26)22-5-7-29-8-6-22/h1-3,10,15,17H,4-9,11-13H2,(H,21,25)/t15-,17+/m1/s1. The molecule has 0 aromatic heterocycles. The predicted octanol–water partition coefficient (Wildman–Crippen LogP) is 0.133. The molecular weight excluding hydrogens is 410 g/mol. The second kappa shape index (κ2) is 8.35. The second-order valence-corrected chi connectivity index (χ2v) is 10.2. The molecule has 3 saturated heterocycles. The molecular formula is C20H25N3O6S. The van der Waals surface area contributed by atoms with Crippen LogP contribution in [0.25, 0.3) is 0 Å². The number of amides is 3. The lowest BCUT2D eigenvalue weighted by atomic mass is 10.1. The lowest BCUT2D eigenvalue weighted by molar-refractivity contribution is -0.129. The number of hydrogen-bond donors (Lipinski definition) is 1. The van der Waals surface area contributed by atoms with Crippen molar-refractivity contribution in [3.63, 3.8) is 0 Å². The third-order valence-electron chi connectivity index (χ3n) is 5.85. The minimum absolute atomic E-state index is 0.0290. The summed E-state index contributed by atoms with van der Waals surface area (Å²) in [5, 5.41) is 2.80. The number of nitrogens with zero attached hydrogens (tertiary/aromatic N) is 2. The summed E-state index contributed by atoms with van der Waals surface area (Å²) in [4.78, 5) is 40.9. The van der Waals surface area contributed by atoms with Crippen LogP contribution >= 0.6 is 0 Å².